The summed E-state index contributed by atoms with van der Waals surface area (Å²) in [6, 6.07) is 10.9. The fourth-order valence-electron chi connectivity index (χ4n) is 4.25. The van der Waals surface area contributed by atoms with E-state index in [0.717, 1.165) is 82.3 Å². The Morgan fingerprint density at radius 2 is 1.28 bits per heavy atom. The lowest BCUT2D eigenvalue weighted by molar-refractivity contribution is 0.240. The first kappa shape index (κ1) is 32.8. The van der Waals surface area contributed by atoms with Gasteiger partial charge in [0.15, 0.2) is 0 Å². The molecule has 11 heteroatoms. The number of unbranched alkanes of at least 4 members (excludes halogenated alkanes) is 3. The van der Waals surface area contributed by atoms with Gasteiger partial charge < -0.3 is 31.9 Å². The largest absolute Gasteiger partial charge is 0.377 e. The van der Waals surface area contributed by atoms with Crippen molar-refractivity contribution in [2.75, 3.05) is 71.4 Å². The van der Waals surface area contributed by atoms with Crippen molar-refractivity contribution in [3.05, 3.63) is 36.4 Å². The quantitative estimate of drug-likeness (QED) is 0.128. The maximum atomic E-state index is 13.0. The Morgan fingerprint density at radius 1 is 0.718 bits per heavy atom. The predicted octanol–water partition coefficient (Wildman–Crippen LogP) is 2.35. The number of hydrogen-bond donors (Lipinski definition) is 6. The number of nitrogens with two attached hydrogens (primary N) is 1. The Labute approximate surface area is 234 Å². The average Bonchev–Trinajstić information content (AvgIpc) is 2.92. The van der Waals surface area contributed by atoms with Gasteiger partial charge >= 0.3 is 6.03 Å². The summed E-state index contributed by atoms with van der Waals surface area (Å²) in [4.78, 5) is 14.2. The number of nitrogens with one attached hydrogen (secondary N) is 5. The Morgan fingerprint density at radius 3 is 1.95 bits per heavy atom. The molecule has 0 radical (unpaired) electrons. The zero-order valence-corrected chi connectivity index (χ0v) is 24.5. The third-order valence-electron chi connectivity index (χ3n) is 6.39. The van der Waals surface area contributed by atoms with Crippen LogP contribution in [0.3, 0.4) is 0 Å². The molecule has 0 unspecified atom stereocenters. The van der Waals surface area contributed by atoms with Gasteiger partial charge in [0.1, 0.15) is 0 Å². The van der Waals surface area contributed by atoms with Crippen LogP contribution in [-0.4, -0.2) is 80.9 Å². The van der Waals surface area contributed by atoms with Gasteiger partial charge in [-0.1, -0.05) is 30.7 Å². The van der Waals surface area contributed by atoms with Crippen molar-refractivity contribution in [3.63, 3.8) is 0 Å². The number of carbonyl (C=O) groups excluding carboxylic acids is 1. The fourth-order valence-corrected chi connectivity index (χ4v) is 5.53. The first-order valence-corrected chi connectivity index (χ1v) is 15.7. The smallest absolute Gasteiger partial charge is 0.314 e. The van der Waals surface area contributed by atoms with Crippen molar-refractivity contribution in [1.82, 2.24) is 26.0 Å². The summed E-state index contributed by atoms with van der Waals surface area (Å²) >= 11 is 0. The number of amides is 2. The molecule has 0 aliphatic carbocycles. The third kappa shape index (κ3) is 12.5. The van der Waals surface area contributed by atoms with Crippen LogP contribution in [0.1, 0.15) is 44.9 Å². The highest BCUT2D eigenvalue weighted by atomic mass is 32.2. The van der Waals surface area contributed by atoms with Crippen LogP contribution in [0.15, 0.2) is 41.3 Å². The van der Waals surface area contributed by atoms with Crippen LogP contribution in [0.4, 0.5) is 10.5 Å². The second kappa shape index (κ2) is 18.8. The molecule has 0 bridgehead atoms. The van der Waals surface area contributed by atoms with Crippen molar-refractivity contribution in [2.45, 2.75) is 49.8 Å². The highest BCUT2D eigenvalue weighted by Crippen LogP contribution is 2.30. The van der Waals surface area contributed by atoms with E-state index in [1.165, 1.54) is 0 Å². The van der Waals surface area contributed by atoms with E-state index in [-0.39, 0.29) is 6.03 Å². The number of anilines is 1. The number of hydrogen-bond acceptors (Lipinski definition) is 7. The summed E-state index contributed by atoms with van der Waals surface area (Å²) in [6.45, 7) is 6.17. The second-order valence-electron chi connectivity index (χ2n) is 9.87. The van der Waals surface area contributed by atoms with Crippen LogP contribution in [0, 0.1) is 0 Å². The zero-order chi connectivity index (χ0) is 28.3. The molecule has 39 heavy (non-hydrogen) atoms. The van der Waals surface area contributed by atoms with Crippen LogP contribution in [0.5, 0.6) is 0 Å². The van der Waals surface area contributed by atoms with E-state index in [4.69, 9.17) is 5.73 Å². The molecule has 0 aliphatic heterocycles. The van der Waals surface area contributed by atoms with E-state index in [9.17, 15) is 13.2 Å². The van der Waals surface area contributed by atoms with Crippen LogP contribution < -0.4 is 36.6 Å². The number of carbonyl (C=O) groups is 1. The van der Waals surface area contributed by atoms with Gasteiger partial charge in [0, 0.05) is 50.2 Å². The van der Waals surface area contributed by atoms with Crippen LogP contribution in [0.2, 0.25) is 0 Å². The Kier molecular flexibility index (Phi) is 15.8. The van der Waals surface area contributed by atoms with E-state index < -0.39 is 10.0 Å². The lowest BCUT2D eigenvalue weighted by Gasteiger charge is -2.17. The first-order chi connectivity index (χ1) is 18.9. The summed E-state index contributed by atoms with van der Waals surface area (Å²) in [5.74, 6) is 0. The normalized spacial score (nSPS) is 11.6. The van der Waals surface area contributed by atoms with Gasteiger partial charge in [-0.3, -0.25) is 0 Å². The van der Waals surface area contributed by atoms with Crippen molar-refractivity contribution in [1.29, 1.82) is 0 Å². The maximum absolute atomic E-state index is 13.0. The molecule has 0 spiro atoms. The minimum absolute atomic E-state index is 0.160. The second-order valence-corrected chi connectivity index (χ2v) is 11.6. The predicted molar refractivity (Wildman–Crippen MR) is 162 cm³/mol. The molecule has 2 aromatic rings. The molecule has 2 rings (SSSR count). The van der Waals surface area contributed by atoms with Crippen molar-refractivity contribution in [2.24, 2.45) is 5.73 Å². The number of benzene rings is 2. The molecule has 0 saturated heterocycles. The van der Waals surface area contributed by atoms with Gasteiger partial charge in [-0.05, 0) is 83.4 Å². The highest BCUT2D eigenvalue weighted by molar-refractivity contribution is 7.89. The monoisotopic (exact) mass is 563 g/mol. The van der Waals surface area contributed by atoms with Crippen LogP contribution >= 0.6 is 0 Å². The minimum Gasteiger partial charge on any atom is -0.377 e. The molecule has 10 nitrogen and oxygen atoms in total. The number of fused-ring (bicyclic) bond motifs is 1. The van der Waals surface area contributed by atoms with Crippen molar-refractivity contribution >= 4 is 32.5 Å². The molecule has 0 atom stereocenters. The topological polar surface area (TPSA) is 141 Å². The molecule has 0 aliphatic rings. The van der Waals surface area contributed by atoms with E-state index >= 15 is 0 Å². The number of urea groups is 1. The van der Waals surface area contributed by atoms with Gasteiger partial charge in [0.05, 0.1) is 4.90 Å². The average molecular weight is 564 g/mol. The fraction of sp³-hybridized carbons (Fsp3) is 0.607. The highest BCUT2D eigenvalue weighted by Gasteiger charge is 2.18. The standard InChI is InChI=1S/C28H49N7O3S/c1-35(2)26-14-15-27(25-13-5-4-12-24(25)26)39(37,38)34-23-7-3-6-21-32-28(36)33-22-11-20-31-18-9-8-17-30-19-10-16-29/h4-5,12-15,30-31,34H,3,6-11,16-23,29H2,1-2H3,(H2,32,33,36). The van der Waals surface area contributed by atoms with Gasteiger partial charge in [-0.25, -0.2) is 17.9 Å². The summed E-state index contributed by atoms with van der Waals surface area (Å²) in [6.07, 6.45) is 6.49. The lowest BCUT2D eigenvalue weighted by Crippen LogP contribution is -2.37. The lowest BCUT2D eigenvalue weighted by atomic mass is 10.1. The Balaban J connectivity index is 1.51. The van der Waals surface area contributed by atoms with Crippen molar-refractivity contribution < 1.29 is 13.2 Å². The molecular formula is C28H49N7O3S. The summed E-state index contributed by atoms with van der Waals surface area (Å²) in [7, 11) is 0.266. The number of rotatable bonds is 21. The molecule has 220 valence electrons. The summed E-state index contributed by atoms with van der Waals surface area (Å²) in [5.41, 5.74) is 6.44. The molecule has 2 amide bonds. The van der Waals surface area contributed by atoms with Crippen LogP contribution in [-0.2, 0) is 10.0 Å². The molecule has 0 aromatic heterocycles. The van der Waals surface area contributed by atoms with E-state index in [1.54, 1.807) is 6.07 Å². The molecule has 0 heterocycles. The van der Waals surface area contributed by atoms with Gasteiger partial charge in [0.2, 0.25) is 10.0 Å². The molecule has 2 aromatic carbocycles. The molecular weight excluding hydrogens is 514 g/mol. The third-order valence-corrected chi connectivity index (χ3v) is 7.91. The van der Waals surface area contributed by atoms with E-state index in [1.807, 2.05) is 49.3 Å². The molecule has 0 fully saturated rings. The van der Waals surface area contributed by atoms with Gasteiger partial charge in [-0.15, -0.1) is 0 Å². The van der Waals surface area contributed by atoms with E-state index in [2.05, 4.69) is 26.0 Å². The summed E-state index contributed by atoms with van der Waals surface area (Å²) < 4.78 is 28.7. The Bertz CT molecular complexity index is 1080. The number of sulfonamides is 1. The number of nitrogens with zero attached hydrogens (tertiary/aromatic N) is 1. The molecule has 0 saturated carbocycles. The first-order valence-electron chi connectivity index (χ1n) is 14.2. The van der Waals surface area contributed by atoms with Gasteiger partial charge in [-0.2, -0.15) is 0 Å². The van der Waals surface area contributed by atoms with Gasteiger partial charge in [0.25, 0.3) is 0 Å². The SMILES string of the molecule is CN(C)c1ccc(S(=O)(=O)NCCCCCNC(=O)NCCCNCCCCNCCCN)c2ccccc12. The maximum Gasteiger partial charge on any atom is 0.314 e. The minimum atomic E-state index is -3.62. The van der Waals surface area contributed by atoms with Crippen LogP contribution in [0.25, 0.3) is 10.8 Å². The Hall–Kier alpha value is -2.44. The molecule has 7 N–H and O–H groups in total. The van der Waals surface area contributed by atoms with E-state index in [0.29, 0.717) is 36.3 Å². The van der Waals surface area contributed by atoms with Crippen molar-refractivity contribution in [3.8, 4) is 0 Å². The summed E-state index contributed by atoms with van der Waals surface area (Å²) in [5, 5.41) is 14.1. The zero-order valence-electron chi connectivity index (χ0n) is 23.7.